The minimum atomic E-state index is -4.43. The standard InChI is InChI=1S/C16H20F3N5S/c1-2-20-15(24-11-12-5-4-10-25-12)23-9-8-22-14-13(16(17,18)19)6-3-7-21-14/h3-7,10H,2,8-9,11H2,1H3,(H,21,22)(H2,20,23,24). The van der Waals surface area contributed by atoms with Crippen molar-refractivity contribution in [3.63, 3.8) is 0 Å². The van der Waals surface area contributed by atoms with Crippen LogP contribution in [0.3, 0.4) is 0 Å². The molecule has 0 bridgehead atoms. The fourth-order valence-electron chi connectivity index (χ4n) is 2.04. The summed E-state index contributed by atoms with van der Waals surface area (Å²) in [6.45, 7) is 3.89. The van der Waals surface area contributed by atoms with E-state index in [1.807, 2.05) is 24.4 Å². The topological polar surface area (TPSA) is 61.3 Å². The van der Waals surface area contributed by atoms with Crippen LogP contribution in [0.25, 0.3) is 0 Å². The van der Waals surface area contributed by atoms with E-state index in [0.717, 1.165) is 10.9 Å². The van der Waals surface area contributed by atoms with Gasteiger partial charge in [-0.1, -0.05) is 6.07 Å². The predicted molar refractivity (Wildman–Crippen MR) is 94.9 cm³/mol. The highest BCUT2D eigenvalue weighted by Crippen LogP contribution is 2.33. The van der Waals surface area contributed by atoms with Crippen molar-refractivity contribution in [3.05, 3.63) is 46.3 Å². The molecule has 136 valence electrons. The highest BCUT2D eigenvalue weighted by atomic mass is 32.1. The molecule has 2 rings (SSSR count). The molecule has 2 aromatic rings. The van der Waals surface area contributed by atoms with E-state index < -0.39 is 11.7 Å². The predicted octanol–water partition coefficient (Wildman–Crippen LogP) is 3.33. The lowest BCUT2D eigenvalue weighted by Gasteiger charge is -2.14. The fourth-order valence-corrected chi connectivity index (χ4v) is 2.67. The van der Waals surface area contributed by atoms with E-state index in [2.05, 4.69) is 25.9 Å². The number of anilines is 1. The zero-order chi connectivity index (χ0) is 18.1. The Kier molecular flexibility index (Phi) is 7.05. The molecule has 0 aliphatic carbocycles. The molecule has 0 aliphatic rings. The van der Waals surface area contributed by atoms with Gasteiger partial charge in [0.15, 0.2) is 5.96 Å². The van der Waals surface area contributed by atoms with Crippen LogP contribution in [0.5, 0.6) is 0 Å². The summed E-state index contributed by atoms with van der Waals surface area (Å²) in [5, 5.41) is 10.9. The molecule has 0 unspecified atom stereocenters. The van der Waals surface area contributed by atoms with E-state index in [1.165, 1.54) is 12.3 Å². The van der Waals surface area contributed by atoms with Gasteiger partial charge in [-0.05, 0) is 30.5 Å². The molecule has 0 saturated carbocycles. The van der Waals surface area contributed by atoms with Crippen LogP contribution in [0.15, 0.2) is 40.8 Å². The van der Waals surface area contributed by atoms with Crippen LogP contribution < -0.4 is 16.0 Å². The first-order valence-electron chi connectivity index (χ1n) is 7.81. The average molecular weight is 371 g/mol. The molecule has 25 heavy (non-hydrogen) atoms. The van der Waals surface area contributed by atoms with Gasteiger partial charge in [-0.3, -0.25) is 0 Å². The van der Waals surface area contributed by atoms with Crippen molar-refractivity contribution < 1.29 is 13.2 Å². The Morgan fingerprint density at radius 1 is 1.20 bits per heavy atom. The zero-order valence-corrected chi connectivity index (χ0v) is 14.5. The Balaban J connectivity index is 1.85. The summed E-state index contributed by atoms with van der Waals surface area (Å²) in [5.74, 6) is 0.451. The summed E-state index contributed by atoms with van der Waals surface area (Å²) in [6, 6.07) is 6.24. The summed E-state index contributed by atoms with van der Waals surface area (Å²) in [5.41, 5.74) is -0.770. The summed E-state index contributed by atoms with van der Waals surface area (Å²) in [4.78, 5) is 9.34. The van der Waals surface area contributed by atoms with E-state index in [1.54, 1.807) is 11.3 Å². The number of alkyl halides is 3. The van der Waals surface area contributed by atoms with Crippen LogP contribution in [-0.2, 0) is 12.7 Å². The number of nitrogens with zero attached hydrogens (tertiary/aromatic N) is 2. The number of halogens is 3. The molecular formula is C16H20F3N5S. The molecule has 0 radical (unpaired) electrons. The van der Waals surface area contributed by atoms with E-state index in [9.17, 15) is 13.2 Å². The minimum Gasteiger partial charge on any atom is -0.368 e. The molecule has 3 N–H and O–H groups in total. The van der Waals surface area contributed by atoms with Crippen molar-refractivity contribution in [1.29, 1.82) is 0 Å². The zero-order valence-electron chi connectivity index (χ0n) is 13.7. The van der Waals surface area contributed by atoms with Gasteiger partial charge < -0.3 is 16.0 Å². The maximum Gasteiger partial charge on any atom is 0.419 e. The van der Waals surface area contributed by atoms with Crippen molar-refractivity contribution in [2.75, 3.05) is 25.0 Å². The molecule has 0 aliphatic heterocycles. The normalized spacial score (nSPS) is 12.1. The lowest BCUT2D eigenvalue weighted by molar-refractivity contribution is -0.137. The van der Waals surface area contributed by atoms with Crippen LogP contribution in [0, 0.1) is 0 Å². The highest BCUT2D eigenvalue weighted by Gasteiger charge is 2.33. The van der Waals surface area contributed by atoms with Gasteiger partial charge in [0, 0.05) is 30.7 Å². The second-order valence-corrected chi connectivity index (χ2v) is 6.06. The molecule has 9 heteroatoms. The Morgan fingerprint density at radius 2 is 2.04 bits per heavy atom. The van der Waals surface area contributed by atoms with Crippen LogP contribution in [0.2, 0.25) is 0 Å². The van der Waals surface area contributed by atoms with Gasteiger partial charge in [-0.2, -0.15) is 13.2 Å². The lowest BCUT2D eigenvalue weighted by Crippen LogP contribution is -2.39. The van der Waals surface area contributed by atoms with E-state index in [0.29, 0.717) is 25.6 Å². The minimum absolute atomic E-state index is 0.169. The second-order valence-electron chi connectivity index (χ2n) is 5.03. The van der Waals surface area contributed by atoms with Gasteiger partial charge >= 0.3 is 6.18 Å². The molecular weight excluding hydrogens is 351 g/mol. The fraction of sp³-hybridized carbons (Fsp3) is 0.375. The number of pyridine rings is 1. The van der Waals surface area contributed by atoms with E-state index in [-0.39, 0.29) is 12.4 Å². The monoisotopic (exact) mass is 371 g/mol. The van der Waals surface area contributed by atoms with E-state index in [4.69, 9.17) is 0 Å². The van der Waals surface area contributed by atoms with Crippen molar-refractivity contribution in [2.45, 2.75) is 19.6 Å². The van der Waals surface area contributed by atoms with Gasteiger partial charge in [-0.15, -0.1) is 11.3 Å². The third kappa shape index (κ3) is 6.26. The van der Waals surface area contributed by atoms with E-state index >= 15 is 0 Å². The Hall–Kier alpha value is -2.29. The maximum atomic E-state index is 12.9. The molecule has 2 heterocycles. The Labute approximate surface area is 148 Å². The quantitative estimate of drug-likeness (QED) is 0.397. The number of guanidine groups is 1. The Morgan fingerprint density at radius 3 is 2.72 bits per heavy atom. The SMILES string of the molecule is CCNC(=NCc1cccs1)NCCNc1ncccc1C(F)(F)F. The molecule has 5 nitrogen and oxygen atoms in total. The summed E-state index contributed by atoms with van der Waals surface area (Å²) >= 11 is 1.62. The molecule has 0 saturated heterocycles. The summed E-state index contributed by atoms with van der Waals surface area (Å²) in [7, 11) is 0. The van der Waals surface area contributed by atoms with Crippen LogP contribution >= 0.6 is 11.3 Å². The number of thiophene rings is 1. The first kappa shape index (κ1) is 19.0. The largest absolute Gasteiger partial charge is 0.419 e. The van der Waals surface area contributed by atoms with Gasteiger partial charge in [0.1, 0.15) is 5.82 Å². The van der Waals surface area contributed by atoms with Crippen molar-refractivity contribution >= 4 is 23.1 Å². The first-order valence-corrected chi connectivity index (χ1v) is 8.69. The number of hydrogen-bond acceptors (Lipinski definition) is 4. The van der Waals surface area contributed by atoms with Crippen LogP contribution in [0.1, 0.15) is 17.4 Å². The molecule has 0 spiro atoms. The van der Waals surface area contributed by atoms with Crippen LogP contribution in [-0.4, -0.2) is 30.6 Å². The van der Waals surface area contributed by atoms with Crippen molar-refractivity contribution in [3.8, 4) is 0 Å². The molecule has 0 fully saturated rings. The first-order chi connectivity index (χ1) is 12.0. The van der Waals surface area contributed by atoms with Gasteiger partial charge in [-0.25, -0.2) is 9.98 Å². The Bertz CT molecular complexity index is 671. The molecule has 2 aromatic heterocycles. The van der Waals surface area contributed by atoms with Crippen LogP contribution in [0.4, 0.5) is 19.0 Å². The smallest absolute Gasteiger partial charge is 0.368 e. The molecule has 0 atom stereocenters. The van der Waals surface area contributed by atoms with Crippen molar-refractivity contribution in [2.24, 2.45) is 4.99 Å². The third-order valence-corrected chi connectivity index (χ3v) is 4.00. The number of nitrogens with one attached hydrogen (secondary N) is 3. The van der Waals surface area contributed by atoms with Gasteiger partial charge in [0.05, 0.1) is 12.1 Å². The van der Waals surface area contributed by atoms with Crippen molar-refractivity contribution in [1.82, 2.24) is 15.6 Å². The maximum absolute atomic E-state index is 12.9. The summed E-state index contributed by atoms with van der Waals surface area (Å²) < 4.78 is 38.7. The average Bonchev–Trinajstić information content (AvgIpc) is 3.09. The lowest BCUT2D eigenvalue weighted by atomic mass is 10.2. The van der Waals surface area contributed by atoms with Gasteiger partial charge in [0.2, 0.25) is 0 Å². The number of hydrogen-bond donors (Lipinski definition) is 3. The highest BCUT2D eigenvalue weighted by molar-refractivity contribution is 7.09. The molecule has 0 aromatic carbocycles. The molecule has 0 amide bonds. The number of aliphatic imine (C=N–C) groups is 1. The third-order valence-electron chi connectivity index (χ3n) is 3.14. The number of rotatable bonds is 7. The summed E-state index contributed by atoms with van der Waals surface area (Å²) in [6.07, 6.45) is -3.10. The number of aromatic nitrogens is 1. The van der Waals surface area contributed by atoms with Gasteiger partial charge in [0.25, 0.3) is 0 Å². The second kappa shape index (κ2) is 9.26.